The lowest BCUT2D eigenvalue weighted by Gasteiger charge is -2.42. The molecule has 3 aromatic rings. The molecule has 2 aliphatic heterocycles. The first-order valence-corrected chi connectivity index (χ1v) is 13.9. The largest absolute Gasteiger partial charge is 0.394 e. The molecule has 2 aromatic carbocycles. The van der Waals surface area contributed by atoms with Gasteiger partial charge < -0.3 is 19.8 Å². The van der Waals surface area contributed by atoms with Crippen molar-refractivity contribution >= 4 is 30.9 Å². The number of rotatable bonds is 6. The van der Waals surface area contributed by atoms with Crippen molar-refractivity contribution in [1.82, 2.24) is 9.88 Å². The molecular formula is C32H42N4O2S. The molecule has 0 spiro atoms. The highest BCUT2D eigenvalue weighted by atomic mass is 32.1. The van der Waals surface area contributed by atoms with E-state index in [0.29, 0.717) is 25.6 Å². The van der Waals surface area contributed by atoms with Crippen molar-refractivity contribution < 1.29 is 9.90 Å². The summed E-state index contributed by atoms with van der Waals surface area (Å²) in [5.74, 6) is 1.76. The average Bonchev–Trinajstić information content (AvgIpc) is 2.96. The minimum atomic E-state index is -0.107. The SMILES string of the molecule is Cc1cc(C)c(C(=O)N2CCN(c3ccccc3)[C@H](CO)C2)c(C)c1CC1CCN(c2ccccn2)CC1.S. The minimum Gasteiger partial charge on any atom is -0.394 e. The third-order valence-electron chi connectivity index (χ3n) is 8.49. The van der Waals surface area contributed by atoms with Gasteiger partial charge in [-0.1, -0.05) is 30.3 Å². The number of anilines is 2. The van der Waals surface area contributed by atoms with Crippen molar-refractivity contribution in [3.05, 3.63) is 88.6 Å². The number of piperidine rings is 1. The van der Waals surface area contributed by atoms with Crippen LogP contribution in [0.2, 0.25) is 0 Å². The van der Waals surface area contributed by atoms with Crippen LogP contribution >= 0.6 is 13.5 Å². The topological polar surface area (TPSA) is 59.9 Å². The fourth-order valence-corrected chi connectivity index (χ4v) is 6.38. The van der Waals surface area contributed by atoms with Gasteiger partial charge in [-0.3, -0.25) is 4.79 Å². The number of nitrogens with zero attached hydrogens (tertiary/aromatic N) is 4. The Morgan fingerprint density at radius 2 is 1.67 bits per heavy atom. The zero-order valence-corrected chi connectivity index (χ0v) is 24.4. The maximum Gasteiger partial charge on any atom is 0.254 e. The summed E-state index contributed by atoms with van der Waals surface area (Å²) in [4.78, 5) is 25.0. The second kappa shape index (κ2) is 12.9. The lowest BCUT2D eigenvalue weighted by atomic mass is 9.84. The van der Waals surface area contributed by atoms with Gasteiger partial charge in [0.15, 0.2) is 0 Å². The number of carbonyl (C=O) groups excluding carboxylic acids is 1. The molecule has 1 atom stereocenters. The molecule has 1 N–H and O–H groups in total. The van der Waals surface area contributed by atoms with Crippen molar-refractivity contribution in [3.8, 4) is 0 Å². The van der Waals surface area contributed by atoms with Gasteiger partial charge in [-0.25, -0.2) is 4.98 Å². The van der Waals surface area contributed by atoms with Gasteiger partial charge in [0.25, 0.3) is 5.91 Å². The molecule has 0 saturated carbocycles. The molecule has 39 heavy (non-hydrogen) atoms. The molecule has 6 nitrogen and oxygen atoms in total. The number of pyridine rings is 1. The second-order valence-corrected chi connectivity index (χ2v) is 10.9. The third-order valence-corrected chi connectivity index (χ3v) is 8.49. The quantitative estimate of drug-likeness (QED) is 0.477. The van der Waals surface area contributed by atoms with Crippen LogP contribution in [-0.2, 0) is 6.42 Å². The van der Waals surface area contributed by atoms with Crippen LogP contribution < -0.4 is 9.80 Å². The first-order chi connectivity index (χ1) is 18.5. The van der Waals surface area contributed by atoms with E-state index in [1.54, 1.807) is 0 Å². The van der Waals surface area contributed by atoms with E-state index in [9.17, 15) is 9.90 Å². The van der Waals surface area contributed by atoms with Gasteiger partial charge in [0.1, 0.15) is 5.82 Å². The van der Waals surface area contributed by atoms with E-state index >= 15 is 0 Å². The Hall–Kier alpha value is -3.03. The molecule has 0 bridgehead atoms. The summed E-state index contributed by atoms with van der Waals surface area (Å²) in [5, 5.41) is 10.2. The number of hydrogen-bond donors (Lipinski definition) is 1. The number of piperazine rings is 1. The number of benzene rings is 2. The van der Waals surface area contributed by atoms with Crippen LogP contribution in [0.4, 0.5) is 11.5 Å². The number of amides is 1. The Bertz CT molecular complexity index is 1250. The van der Waals surface area contributed by atoms with Gasteiger partial charge in [-0.2, -0.15) is 13.5 Å². The molecule has 1 amide bonds. The van der Waals surface area contributed by atoms with Crippen LogP contribution in [0.3, 0.4) is 0 Å². The van der Waals surface area contributed by atoms with Crippen LogP contribution in [0.15, 0.2) is 60.8 Å². The van der Waals surface area contributed by atoms with Crippen molar-refractivity contribution in [1.29, 1.82) is 0 Å². The maximum absolute atomic E-state index is 13.9. The number of carbonyl (C=O) groups is 1. The smallest absolute Gasteiger partial charge is 0.254 e. The lowest BCUT2D eigenvalue weighted by molar-refractivity contribution is 0.0697. The summed E-state index contributed by atoms with van der Waals surface area (Å²) in [7, 11) is 0. The number of aromatic nitrogens is 1. The summed E-state index contributed by atoms with van der Waals surface area (Å²) in [6, 6.07) is 18.4. The van der Waals surface area contributed by atoms with Crippen molar-refractivity contribution in [2.45, 2.75) is 46.1 Å². The first-order valence-electron chi connectivity index (χ1n) is 13.9. The molecule has 0 unspecified atom stereocenters. The van der Waals surface area contributed by atoms with Crippen molar-refractivity contribution in [3.63, 3.8) is 0 Å². The maximum atomic E-state index is 13.9. The summed E-state index contributed by atoms with van der Waals surface area (Å²) in [5.41, 5.74) is 6.73. The predicted octanol–water partition coefficient (Wildman–Crippen LogP) is 4.90. The molecule has 5 rings (SSSR count). The van der Waals surface area contributed by atoms with Crippen molar-refractivity contribution in [2.24, 2.45) is 5.92 Å². The Labute approximate surface area is 240 Å². The average molecular weight is 547 g/mol. The van der Waals surface area contributed by atoms with Gasteiger partial charge in [-0.05, 0) is 92.5 Å². The normalized spacial score (nSPS) is 18.2. The molecule has 0 aliphatic carbocycles. The number of aliphatic hydroxyl groups excluding tert-OH is 1. The number of aryl methyl sites for hydroxylation is 2. The monoisotopic (exact) mass is 546 g/mol. The number of para-hydroxylation sites is 1. The van der Waals surface area contributed by atoms with Crippen LogP contribution in [-0.4, -0.2) is 66.3 Å². The molecule has 3 heterocycles. The van der Waals surface area contributed by atoms with Crippen LogP contribution in [0.5, 0.6) is 0 Å². The highest BCUT2D eigenvalue weighted by molar-refractivity contribution is 7.59. The third kappa shape index (κ3) is 6.25. The molecule has 2 saturated heterocycles. The lowest BCUT2D eigenvalue weighted by Crippen LogP contribution is -2.56. The number of aliphatic hydroxyl groups is 1. The van der Waals surface area contributed by atoms with Crippen LogP contribution in [0.1, 0.15) is 45.5 Å². The van der Waals surface area contributed by atoms with Gasteiger partial charge in [-0.15, -0.1) is 0 Å². The zero-order chi connectivity index (χ0) is 26.6. The van der Waals surface area contributed by atoms with E-state index in [1.165, 1.54) is 11.1 Å². The van der Waals surface area contributed by atoms with Gasteiger partial charge >= 0.3 is 0 Å². The molecule has 0 radical (unpaired) electrons. The predicted molar refractivity (Wildman–Crippen MR) is 164 cm³/mol. The summed E-state index contributed by atoms with van der Waals surface area (Å²) < 4.78 is 0. The standard InChI is InChI=1S/C32H40N4O2.H2S/c1-23-19-24(2)31(32(38)35-17-18-36(28(21-35)22-37)27-9-5-4-6-10-27)25(3)29(23)20-26-12-15-34(16-13-26)30-11-7-8-14-33-30;/h4-11,14,19,26,28,37H,12-13,15-18,20-22H2,1-3H3;1H2/t28-;/m0./s1. The fourth-order valence-electron chi connectivity index (χ4n) is 6.38. The summed E-state index contributed by atoms with van der Waals surface area (Å²) in [6.45, 7) is 10.3. The zero-order valence-electron chi connectivity index (χ0n) is 23.4. The van der Waals surface area contributed by atoms with Crippen LogP contribution in [0.25, 0.3) is 0 Å². The molecule has 1 aromatic heterocycles. The Balaban J connectivity index is 0.00000353. The molecule has 208 valence electrons. The van der Waals surface area contributed by atoms with Gasteiger partial charge in [0, 0.05) is 50.2 Å². The Morgan fingerprint density at radius 1 is 0.949 bits per heavy atom. The van der Waals surface area contributed by atoms with E-state index in [-0.39, 0.29) is 32.1 Å². The Kier molecular flexibility index (Phi) is 9.57. The fraction of sp³-hybridized carbons (Fsp3) is 0.438. The Morgan fingerprint density at radius 3 is 2.33 bits per heavy atom. The van der Waals surface area contributed by atoms with Crippen LogP contribution in [0, 0.1) is 26.7 Å². The van der Waals surface area contributed by atoms with E-state index in [4.69, 9.17) is 0 Å². The van der Waals surface area contributed by atoms with Gasteiger partial charge in [0.2, 0.25) is 0 Å². The van der Waals surface area contributed by atoms with E-state index in [2.05, 4.69) is 65.9 Å². The van der Waals surface area contributed by atoms with E-state index in [1.807, 2.05) is 35.4 Å². The van der Waals surface area contributed by atoms with Gasteiger partial charge in [0.05, 0.1) is 12.6 Å². The minimum absolute atomic E-state index is 0. The van der Waals surface area contributed by atoms with Crippen molar-refractivity contribution in [2.75, 3.05) is 49.1 Å². The highest BCUT2D eigenvalue weighted by Gasteiger charge is 2.32. The van der Waals surface area contributed by atoms with E-state index < -0.39 is 0 Å². The summed E-state index contributed by atoms with van der Waals surface area (Å²) in [6.07, 6.45) is 5.14. The summed E-state index contributed by atoms with van der Waals surface area (Å²) >= 11 is 0. The molecule has 2 aliphatic rings. The highest BCUT2D eigenvalue weighted by Crippen LogP contribution is 2.31. The molecule has 2 fully saturated rings. The first kappa shape index (κ1) is 29.0. The number of hydrogen-bond acceptors (Lipinski definition) is 5. The molecule has 7 heteroatoms. The van der Waals surface area contributed by atoms with E-state index in [0.717, 1.165) is 60.5 Å². The molecular weight excluding hydrogens is 504 g/mol. The second-order valence-electron chi connectivity index (χ2n) is 10.9.